The molecule has 0 amide bonds. The van der Waals surface area contributed by atoms with Crippen LogP contribution in [0.5, 0.6) is 0 Å². The van der Waals surface area contributed by atoms with Crippen LogP contribution in [0.3, 0.4) is 0 Å². The summed E-state index contributed by atoms with van der Waals surface area (Å²) in [6.45, 7) is 4.57. The van der Waals surface area contributed by atoms with Gasteiger partial charge in [-0.1, -0.05) is 45.3 Å². The van der Waals surface area contributed by atoms with Crippen LogP contribution in [0.4, 0.5) is 0 Å². The Morgan fingerprint density at radius 3 is 2.50 bits per heavy atom. The van der Waals surface area contributed by atoms with Crippen molar-refractivity contribution < 1.29 is 0 Å². The van der Waals surface area contributed by atoms with Crippen molar-refractivity contribution >= 4 is 6.08 Å². The summed E-state index contributed by atoms with van der Waals surface area (Å²) in [6.07, 6.45) is 13.2. The molecule has 0 unspecified atom stereocenters. The lowest BCUT2D eigenvalue weighted by Crippen LogP contribution is -2.02. The normalized spacial score (nSPS) is 16.4. The molecule has 100 valence electrons. The maximum absolute atomic E-state index is 5.53. The van der Waals surface area contributed by atoms with Gasteiger partial charge < -0.3 is 5.73 Å². The Balaban J connectivity index is 0.000000771. The van der Waals surface area contributed by atoms with E-state index >= 15 is 0 Å². The van der Waals surface area contributed by atoms with E-state index in [4.69, 9.17) is 5.73 Å². The van der Waals surface area contributed by atoms with Gasteiger partial charge in [0.1, 0.15) is 0 Å². The minimum Gasteiger partial charge on any atom is -0.326 e. The minimum atomic E-state index is 0.569. The molecule has 2 heteroatoms. The highest BCUT2D eigenvalue weighted by Gasteiger charge is 2.09. The SMILES string of the molecule is CC.NCc1ccc(/C=C\C2CCCCC2)nc1. The van der Waals surface area contributed by atoms with Crippen LogP contribution in [0.15, 0.2) is 24.4 Å². The Labute approximate surface area is 111 Å². The van der Waals surface area contributed by atoms with Crippen LogP contribution in [0.25, 0.3) is 6.08 Å². The second kappa shape index (κ2) is 8.87. The molecule has 0 atom stereocenters. The van der Waals surface area contributed by atoms with Gasteiger partial charge in [0.25, 0.3) is 0 Å². The summed E-state index contributed by atoms with van der Waals surface area (Å²) < 4.78 is 0. The van der Waals surface area contributed by atoms with Gasteiger partial charge in [-0.15, -0.1) is 0 Å². The molecule has 1 aromatic rings. The van der Waals surface area contributed by atoms with Crippen molar-refractivity contribution in [2.75, 3.05) is 0 Å². The zero-order chi connectivity index (χ0) is 13.2. The van der Waals surface area contributed by atoms with E-state index in [1.165, 1.54) is 32.1 Å². The lowest BCUT2D eigenvalue weighted by molar-refractivity contribution is 0.420. The van der Waals surface area contributed by atoms with E-state index < -0.39 is 0 Å². The van der Waals surface area contributed by atoms with Crippen LogP contribution in [0.1, 0.15) is 57.2 Å². The summed E-state index contributed by atoms with van der Waals surface area (Å²) in [7, 11) is 0. The molecule has 1 aliphatic carbocycles. The van der Waals surface area contributed by atoms with Crippen LogP contribution in [-0.2, 0) is 6.54 Å². The topological polar surface area (TPSA) is 38.9 Å². The summed E-state index contributed by atoms with van der Waals surface area (Å²) in [6, 6.07) is 4.09. The van der Waals surface area contributed by atoms with E-state index in [2.05, 4.69) is 17.1 Å². The van der Waals surface area contributed by atoms with E-state index in [1.807, 2.05) is 32.2 Å². The van der Waals surface area contributed by atoms with Crippen LogP contribution in [0.2, 0.25) is 0 Å². The molecule has 1 heterocycles. The first-order valence-corrected chi connectivity index (χ1v) is 7.21. The van der Waals surface area contributed by atoms with Crippen LogP contribution in [0, 0.1) is 5.92 Å². The molecule has 0 saturated heterocycles. The van der Waals surface area contributed by atoms with Crippen molar-refractivity contribution in [2.45, 2.75) is 52.5 Å². The van der Waals surface area contributed by atoms with E-state index in [1.54, 1.807) is 0 Å². The van der Waals surface area contributed by atoms with E-state index in [0.29, 0.717) is 6.54 Å². The highest BCUT2D eigenvalue weighted by Crippen LogP contribution is 2.25. The molecule has 18 heavy (non-hydrogen) atoms. The fourth-order valence-corrected chi connectivity index (χ4v) is 2.22. The standard InChI is InChI=1S/C14H20N2.C2H6/c15-10-13-7-9-14(16-11-13)8-6-12-4-2-1-3-5-12;1-2/h6-9,11-12H,1-5,10,15H2;1-2H3/b8-6-;. The molecule has 0 radical (unpaired) electrons. The molecule has 0 aromatic carbocycles. The lowest BCUT2D eigenvalue weighted by atomic mass is 9.89. The van der Waals surface area contributed by atoms with Crippen LogP contribution < -0.4 is 5.73 Å². The predicted octanol–water partition coefficient (Wildman–Crippen LogP) is 4.16. The number of rotatable bonds is 3. The number of pyridine rings is 1. The molecular weight excluding hydrogens is 220 g/mol. The summed E-state index contributed by atoms with van der Waals surface area (Å²) in [5, 5.41) is 0. The van der Waals surface area contributed by atoms with Gasteiger partial charge in [0.05, 0.1) is 5.69 Å². The van der Waals surface area contributed by atoms with Crippen molar-refractivity contribution in [3.63, 3.8) is 0 Å². The number of hydrogen-bond acceptors (Lipinski definition) is 2. The Morgan fingerprint density at radius 2 is 1.94 bits per heavy atom. The third-order valence-corrected chi connectivity index (χ3v) is 3.27. The molecule has 0 bridgehead atoms. The molecule has 1 saturated carbocycles. The molecular formula is C16H26N2. The molecule has 2 rings (SSSR count). The van der Waals surface area contributed by atoms with E-state index in [0.717, 1.165) is 17.2 Å². The molecule has 1 aliphatic rings. The quantitative estimate of drug-likeness (QED) is 0.869. The third-order valence-electron chi connectivity index (χ3n) is 3.27. The number of nitrogens with zero attached hydrogens (tertiary/aromatic N) is 1. The average molecular weight is 246 g/mol. The number of allylic oxidation sites excluding steroid dienone is 1. The zero-order valence-corrected chi connectivity index (χ0v) is 11.7. The molecule has 1 aromatic heterocycles. The first kappa shape index (κ1) is 14.9. The van der Waals surface area contributed by atoms with Crippen molar-refractivity contribution in [2.24, 2.45) is 11.7 Å². The fourth-order valence-electron chi connectivity index (χ4n) is 2.22. The molecule has 2 N–H and O–H groups in total. The van der Waals surface area contributed by atoms with E-state index in [-0.39, 0.29) is 0 Å². The number of hydrogen-bond donors (Lipinski definition) is 1. The number of aromatic nitrogens is 1. The predicted molar refractivity (Wildman–Crippen MR) is 79.1 cm³/mol. The minimum absolute atomic E-state index is 0.569. The molecule has 0 spiro atoms. The van der Waals surface area contributed by atoms with Crippen molar-refractivity contribution in [3.8, 4) is 0 Å². The van der Waals surface area contributed by atoms with Gasteiger partial charge in [0, 0.05) is 12.7 Å². The second-order valence-electron chi connectivity index (χ2n) is 4.55. The van der Waals surface area contributed by atoms with Gasteiger partial charge >= 0.3 is 0 Å². The first-order valence-electron chi connectivity index (χ1n) is 7.21. The first-order chi connectivity index (χ1) is 8.88. The summed E-state index contributed by atoms with van der Waals surface area (Å²) in [4.78, 5) is 4.37. The third kappa shape index (κ3) is 5.01. The maximum atomic E-state index is 5.53. The maximum Gasteiger partial charge on any atom is 0.0626 e. The van der Waals surface area contributed by atoms with Gasteiger partial charge in [0.2, 0.25) is 0 Å². The van der Waals surface area contributed by atoms with Crippen molar-refractivity contribution in [1.29, 1.82) is 0 Å². The largest absolute Gasteiger partial charge is 0.326 e. The second-order valence-corrected chi connectivity index (χ2v) is 4.55. The van der Waals surface area contributed by atoms with Gasteiger partial charge in [-0.3, -0.25) is 4.98 Å². The average Bonchev–Trinajstić information content (AvgIpc) is 2.49. The molecule has 2 nitrogen and oxygen atoms in total. The Bertz CT molecular complexity index is 335. The van der Waals surface area contributed by atoms with Crippen LogP contribution >= 0.6 is 0 Å². The monoisotopic (exact) mass is 246 g/mol. The van der Waals surface area contributed by atoms with Gasteiger partial charge in [-0.25, -0.2) is 0 Å². The highest BCUT2D eigenvalue weighted by atomic mass is 14.7. The Morgan fingerprint density at radius 1 is 1.22 bits per heavy atom. The van der Waals surface area contributed by atoms with Crippen molar-refractivity contribution in [1.82, 2.24) is 4.98 Å². The lowest BCUT2D eigenvalue weighted by Gasteiger charge is -2.17. The molecule has 1 fully saturated rings. The van der Waals surface area contributed by atoms with Gasteiger partial charge in [-0.05, 0) is 36.5 Å². The van der Waals surface area contributed by atoms with Crippen molar-refractivity contribution in [3.05, 3.63) is 35.7 Å². The number of nitrogens with two attached hydrogens (primary N) is 1. The zero-order valence-electron chi connectivity index (χ0n) is 11.7. The summed E-state index contributed by atoms with van der Waals surface area (Å²) in [5.74, 6) is 0.768. The fraction of sp³-hybridized carbons (Fsp3) is 0.562. The molecule has 0 aliphatic heterocycles. The highest BCUT2D eigenvalue weighted by molar-refractivity contribution is 5.44. The Hall–Kier alpha value is -1.15. The van der Waals surface area contributed by atoms with Gasteiger partial charge in [0.15, 0.2) is 0 Å². The van der Waals surface area contributed by atoms with E-state index in [9.17, 15) is 0 Å². The van der Waals surface area contributed by atoms with Crippen LogP contribution in [-0.4, -0.2) is 4.98 Å². The van der Waals surface area contributed by atoms with Gasteiger partial charge in [-0.2, -0.15) is 0 Å². The summed E-state index contributed by atoms with van der Waals surface area (Å²) >= 11 is 0. The Kier molecular flexibility index (Phi) is 7.35. The summed E-state index contributed by atoms with van der Waals surface area (Å²) in [5.41, 5.74) is 7.67. The smallest absolute Gasteiger partial charge is 0.0626 e.